The van der Waals surface area contributed by atoms with E-state index in [9.17, 15) is 13.2 Å². The highest BCUT2D eigenvalue weighted by Gasteiger charge is 2.30. The topological polar surface area (TPSA) is 28.2 Å². The lowest BCUT2D eigenvalue weighted by Gasteiger charge is -2.18. The molecule has 1 aliphatic heterocycles. The Morgan fingerprint density at radius 3 is 2.91 bits per heavy atom. The number of aromatic nitrogens is 1. The maximum Gasteiger partial charge on any atom is 0.390 e. The van der Waals surface area contributed by atoms with Gasteiger partial charge in [0, 0.05) is 49.1 Å². The van der Waals surface area contributed by atoms with Crippen LogP contribution in [0.15, 0.2) is 36.7 Å². The Morgan fingerprint density at radius 1 is 1.23 bits per heavy atom. The molecule has 3 rings (SSSR count). The van der Waals surface area contributed by atoms with Crippen molar-refractivity contribution in [2.75, 3.05) is 25.0 Å². The van der Waals surface area contributed by atoms with Crippen LogP contribution in [-0.4, -0.2) is 41.7 Å². The number of nitrogens with zero attached hydrogens (tertiary/aromatic N) is 2. The Labute approximate surface area is 127 Å². The molecule has 1 aromatic heterocycles. The van der Waals surface area contributed by atoms with Crippen LogP contribution in [0.3, 0.4) is 0 Å². The number of halogens is 3. The average Bonchev–Trinajstić information content (AvgIpc) is 2.92. The molecule has 1 fully saturated rings. The molecule has 0 amide bonds. The molecular formula is C16H18F3N3. The van der Waals surface area contributed by atoms with E-state index in [-0.39, 0.29) is 12.6 Å². The van der Waals surface area contributed by atoms with E-state index in [0.717, 1.165) is 22.9 Å². The van der Waals surface area contributed by atoms with Crippen molar-refractivity contribution in [1.29, 1.82) is 0 Å². The molecule has 1 saturated heterocycles. The van der Waals surface area contributed by atoms with E-state index in [0.29, 0.717) is 13.1 Å². The van der Waals surface area contributed by atoms with Gasteiger partial charge in [-0.05, 0) is 30.0 Å². The second kappa shape index (κ2) is 6.12. The monoisotopic (exact) mass is 309 g/mol. The van der Waals surface area contributed by atoms with Crippen LogP contribution in [0.1, 0.15) is 12.8 Å². The molecular weight excluding hydrogens is 291 g/mol. The van der Waals surface area contributed by atoms with E-state index >= 15 is 0 Å². The van der Waals surface area contributed by atoms with Crippen molar-refractivity contribution in [2.45, 2.75) is 25.1 Å². The molecule has 0 spiro atoms. The lowest BCUT2D eigenvalue weighted by atomic mass is 10.1. The van der Waals surface area contributed by atoms with Crippen LogP contribution in [0.2, 0.25) is 0 Å². The third kappa shape index (κ3) is 3.88. The summed E-state index contributed by atoms with van der Waals surface area (Å²) >= 11 is 0. The van der Waals surface area contributed by atoms with Gasteiger partial charge in [0.2, 0.25) is 0 Å². The summed E-state index contributed by atoms with van der Waals surface area (Å²) in [5, 5.41) is 5.60. The number of anilines is 1. The van der Waals surface area contributed by atoms with Gasteiger partial charge in [0.05, 0.1) is 6.42 Å². The molecule has 22 heavy (non-hydrogen) atoms. The molecule has 6 heteroatoms. The van der Waals surface area contributed by atoms with Crippen molar-refractivity contribution in [1.82, 2.24) is 9.88 Å². The Bertz CT molecular complexity index is 642. The quantitative estimate of drug-likeness (QED) is 0.934. The molecule has 0 bridgehead atoms. The third-order valence-electron chi connectivity index (χ3n) is 4.00. The van der Waals surface area contributed by atoms with Crippen molar-refractivity contribution in [2.24, 2.45) is 0 Å². The molecule has 0 unspecified atom stereocenters. The van der Waals surface area contributed by atoms with Gasteiger partial charge < -0.3 is 10.2 Å². The summed E-state index contributed by atoms with van der Waals surface area (Å²) in [6.45, 7) is 1.46. The molecule has 118 valence electrons. The Hall–Kier alpha value is -1.82. The molecule has 2 heterocycles. The van der Waals surface area contributed by atoms with Crippen LogP contribution in [0.4, 0.5) is 18.9 Å². The molecule has 1 N–H and O–H groups in total. The number of hydrogen-bond donors (Lipinski definition) is 1. The second-order valence-electron chi connectivity index (χ2n) is 5.73. The van der Waals surface area contributed by atoms with Crippen LogP contribution in [0.25, 0.3) is 10.8 Å². The summed E-state index contributed by atoms with van der Waals surface area (Å²) in [5.41, 5.74) is 1.00. The summed E-state index contributed by atoms with van der Waals surface area (Å²) in [7, 11) is 0. The van der Waals surface area contributed by atoms with Crippen molar-refractivity contribution < 1.29 is 13.2 Å². The maximum atomic E-state index is 12.3. The first-order valence-electron chi connectivity index (χ1n) is 7.39. The van der Waals surface area contributed by atoms with E-state index in [2.05, 4.69) is 16.4 Å². The fourth-order valence-corrected chi connectivity index (χ4v) is 2.85. The van der Waals surface area contributed by atoms with E-state index < -0.39 is 12.6 Å². The predicted molar refractivity (Wildman–Crippen MR) is 80.9 cm³/mol. The minimum absolute atomic E-state index is 0.0884. The van der Waals surface area contributed by atoms with E-state index in [4.69, 9.17) is 0 Å². The van der Waals surface area contributed by atoms with Crippen molar-refractivity contribution in [3.05, 3.63) is 36.7 Å². The van der Waals surface area contributed by atoms with Crippen LogP contribution < -0.4 is 5.32 Å². The number of hydrogen-bond acceptors (Lipinski definition) is 3. The third-order valence-corrected chi connectivity index (χ3v) is 4.00. The Balaban J connectivity index is 1.57. The van der Waals surface area contributed by atoms with E-state index in [1.54, 1.807) is 6.20 Å². The summed E-state index contributed by atoms with van der Waals surface area (Å²) in [5.74, 6) is 0. The first kappa shape index (κ1) is 15.1. The zero-order valence-electron chi connectivity index (χ0n) is 12.1. The Morgan fingerprint density at radius 2 is 2.09 bits per heavy atom. The number of benzene rings is 1. The summed E-state index contributed by atoms with van der Waals surface area (Å²) in [6, 6.07) is 8.19. The minimum Gasteiger partial charge on any atom is -0.381 e. The molecule has 0 aliphatic carbocycles. The molecule has 3 nitrogen and oxygen atoms in total. The van der Waals surface area contributed by atoms with E-state index in [1.807, 2.05) is 29.3 Å². The number of fused-ring (bicyclic) bond motifs is 1. The van der Waals surface area contributed by atoms with Gasteiger partial charge in [0.25, 0.3) is 0 Å². The van der Waals surface area contributed by atoms with E-state index in [1.165, 1.54) is 0 Å². The number of pyridine rings is 1. The summed E-state index contributed by atoms with van der Waals surface area (Å²) in [4.78, 5) is 5.95. The second-order valence-corrected chi connectivity index (χ2v) is 5.73. The number of alkyl halides is 3. The Kier molecular flexibility index (Phi) is 4.20. The van der Waals surface area contributed by atoms with Crippen molar-refractivity contribution in [3.8, 4) is 0 Å². The predicted octanol–water partition coefficient (Wildman–Crippen LogP) is 3.67. The highest BCUT2D eigenvalue weighted by Crippen LogP contribution is 2.23. The lowest BCUT2D eigenvalue weighted by molar-refractivity contribution is -0.137. The standard InChI is InChI=1S/C16H18F3N3/c17-16(18,19)5-8-22-7-4-15(11-22)21-14-2-1-13-10-20-6-3-12(13)9-14/h1-3,6,9-10,15,21H,4-5,7-8,11H2/t15-/m1/s1. The average molecular weight is 309 g/mol. The van der Waals surface area contributed by atoms with Crippen LogP contribution in [0, 0.1) is 0 Å². The van der Waals surface area contributed by atoms with Gasteiger partial charge in [-0.15, -0.1) is 0 Å². The summed E-state index contributed by atoms with van der Waals surface area (Å²) in [6.07, 6.45) is -0.374. The molecule has 2 aromatic rings. The van der Waals surface area contributed by atoms with Crippen LogP contribution in [0.5, 0.6) is 0 Å². The van der Waals surface area contributed by atoms with Crippen LogP contribution >= 0.6 is 0 Å². The zero-order chi connectivity index (χ0) is 15.6. The molecule has 1 atom stereocenters. The fourth-order valence-electron chi connectivity index (χ4n) is 2.85. The molecule has 1 aliphatic rings. The fraction of sp³-hybridized carbons (Fsp3) is 0.438. The molecule has 0 radical (unpaired) electrons. The SMILES string of the molecule is FC(F)(F)CCN1CC[C@@H](Nc2ccc3cnccc3c2)C1. The maximum absolute atomic E-state index is 12.3. The van der Waals surface area contributed by atoms with Gasteiger partial charge >= 0.3 is 6.18 Å². The zero-order valence-corrected chi connectivity index (χ0v) is 12.1. The summed E-state index contributed by atoms with van der Waals surface area (Å²) < 4.78 is 36.8. The van der Waals surface area contributed by atoms with Crippen molar-refractivity contribution >= 4 is 16.5 Å². The first-order chi connectivity index (χ1) is 10.5. The van der Waals surface area contributed by atoms with Gasteiger partial charge in [0.1, 0.15) is 0 Å². The molecule has 1 aromatic carbocycles. The van der Waals surface area contributed by atoms with Crippen molar-refractivity contribution in [3.63, 3.8) is 0 Å². The highest BCUT2D eigenvalue weighted by atomic mass is 19.4. The molecule has 0 saturated carbocycles. The highest BCUT2D eigenvalue weighted by molar-refractivity contribution is 5.84. The number of nitrogens with one attached hydrogen (secondary N) is 1. The first-order valence-corrected chi connectivity index (χ1v) is 7.39. The van der Waals surface area contributed by atoms with Gasteiger partial charge in [-0.1, -0.05) is 6.07 Å². The lowest BCUT2D eigenvalue weighted by Crippen LogP contribution is -2.29. The minimum atomic E-state index is -4.07. The number of rotatable bonds is 4. The van der Waals surface area contributed by atoms with Gasteiger partial charge in [-0.3, -0.25) is 4.98 Å². The van der Waals surface area contributed by atoms with Gasteiger partial charge in [-0.25, -0.2) is 0 Å². The number of likely N-dealkylation sites (tertiary alicyclic amines) is 1. The smallest absolute Gasteiger partial charge is 0.381 e. The largest absolute Gasteiger partial charge is 0.390 e. The van der Waals surface area contributed by atoms with Crippen LogP contribution in [-0.2, 0) is 0 Å². The van der Waals surface area contributed by atoms with Gasteiger partial charge in [-0.2, -0.15) is 13.2 Å². The normalized spacial score (nSPS) is 19.7. The van der Waals surface area contributed by atoms with Gasteiger partial charge in [0.15, 0.2) is 0 Å².